The Bertz CT molecular complexity index is 816. The molecule has 1 heterocycles. The van der Waals surface area contributed by atoms with E-state index in [0.717, 1.165) is 34.4 Å². The molecule has 0 radical (unpaired) electrons. The first-order valence-corrected chi connectivity index (χ1v) is 9.50. The van der Waals surface area contributed by atoms with E-state index < -0.39 is 5.92 Å². The highest BCUT2D eigenvalue weighted by atomic mass is 19.3. The van der Waals surface area contributed by atoms with Crippen molar-refractivity contribution < 1.29 is 8.78 Å². The van der Waals surface area contributed by atoms with Gasteiger partial charge < -0.3 is 16.8 Å². The fourth-order valence-electron chi connectivity index (χ4n) is 3.13. The molecule has 0 aromatic heterocycles. The van der Waals surface area contributed by atoms with E-state index in [1.165, 1.54) is 6.20 Å². The summed E-state index contributed by atoms with van der Waals surface area (Å²) in [5, 5.41) is 2.74. The lowest BCUT2D eigenvalue weighted by Crippen LogP contribution is -2.36. The molecule has 6 heteroatoms. The van der Waals surface area contributed by atoms with Gasteiger partial charge in [0.1, 0.15) is 0 Å². The van der Waals surface area contributed by atoms with Crippen molar-refractivity contribution in [1.82, 2.24) is 5.32 Å². The molecule has 0 saturated heterocycles. The van der Waals surface area contributed by atoms with E-state index in [4.69, 9.17) is 11.5 Å². The Labute approximate surface area is 166 Å². The number of fused-ring (bicyclic) bond motifs is 1. The summed E-state index contributed by atoms with van der Waals surface area (Å²) in [5.41, 5.74) is 17.2. The summed E-state index contributed by atoms with van der Waals surface area (Å²) in [7, 11) is 0. The summed E-state index contributed by atoms with van der Waals surface area (Å²) >= 11 is 0. The highest BCUT2D eigenvalue weighted by Gasteiger charge is 2.36. The Morgan fingerprint density at radius 3 is 2.71 bits per heavy atom. The molecule has 0 unspecified atom stereocenters. The predicted octanol–water partition coefficient (Wildman–Crippen LogP) is 4.27. The van der Waals surface area contributed by atoms with Gasteiger partial charge in [0.2, 0.25) is 0 Å². The average Bonchev–Trinajstić information content (AvgIpc) is 2.65. The van der Waals surface area contributed by atoms with Gasteiger partial charge >= 0.3 is 0 Å². The topological polar surface area (TPSA) is 76.4 Å². The van der Waals surface area contributed by atoms with Gasteiger partial charge in [-0.3, -0.25) is 4.99 Å². The maximum atomic E-state index is 14.1. The van der Waals surface area contributed by atoms with Crippen LogP contribution >= 0.6 is 0 Å². The quantitative estimate of drug-likeness (QED) is 0.482. The number of aliphatic imine (C=N–C) groups is 1. The Morgan fingerprint density at radius 2 is 2.07 bits per heavy atom. The summed E-state index contributed by atoms with van der Waals surface area (Å²) in [6.45, 7) is 6.50. The zero-order valence-electron chi connectivity index (χ0n) is 16.9. The molecule has 152 valence electrons. The molecule has 28 heavy (non-hydrogen) atoms. The second-order valence-corrected chi connectivity index (χ2v) is 7.31. The van der Waals surface area contributed by atoms with Gasteiger partial charge in [0.05, 0.1) is 13.1 Å². The molecule has 2 rings (SSSR count). The molecule has 5 N–H and O–H groups in total. The minimum atomic E-state index is -2.85. The Morgan fingerprint density at radius 1 is 1.32 bits per heavy atom. The average molecular weight is 389 g/mol. The van der Waals surface area contributed by atoms with Gasteiger partial charge in [-0.2, -0.15) is 8.78 Å². The summed E-state index contributed by atoms with van der Waals surface area (Å²) < 4.78 is 28.2. The lowest BCUT2D eigenvalue weighted by Gasteiger charge is -2.26. The maximum Gasteiger partial charge on any atom is 0.285 e. The first-order chi connectivity index (χ1) is 13.3. The van der Waals surface area contributed by atoms with Gasteiger partial charge in [0.25, 0.3) is 5.92 Å². The van der Waals surface area contributed by atoms with Crippen LogP contribution in [-0.4, -0.2) is 12.8 Å². The molecule has 4 nitrogen and oxygen atoms in total. The highest BCUT2D eigenvalue weighted by molar-refractivity contribution is 5.79. The third-order valence-corrected chi connectivity index (χ3v) is 4.63. The van der Waals surface area contributed by atoms with Crippen molar-refractivity contribution in [1.29, 1.82) is 0 Å². The number of nitrogens with one attached hydrogen (secondary N) is 1. The van der Waals surface area contributed by atoms with Crippen LogP contribution in [0.15, 0.2) is 57.9 Å². The molecule has 0 fully saturated rings. The number of alkyl halides is 2. The van der Waals surface area contributed by atoms with Crippen LogP contribution in [0.1, 0.15) is 50.3 Å². The van der Waals surface area contributed by atoms with Gasteiger partial charge in [-0.25, -0.2) is 0 Å². The van der Waals surface area contributed by atoms with Gasteiger partial charge in [-0.15, -0.1) is 0 Å². The number of allylic oxidation sites excluding steroid dienone is 5. The van der Waals surface area contributed by atoms with Crippen molar-refractivity contribution in [3.63, 3.8) is 0 Å². The zero-order chi connectivity index (χ0) is 20.7. The summed E-state index contributed by atoms with van der Waals surface area (Å²) in [5.74, 6) is -2.85. The number of hydrogen-bond acceptors (Lipinski definition) is 4. The van der Waals surface area contributed by atoms with Crippen molar-refractivity contribution in [3.05, 3.63) is 69.6 Å². The molecule has 0 aliphatic carbocycles. The fourth-order valence-corrected chi connectivity index (χ4v) is 3.13. The third-order valence-electron chi connectivity index (χ3n) is 4.63. The van der Waals surface area contributed by atoms with Gasteiger partial charge in [0.15, 0.2) is 0 Å². The Hall–Kier alpha value is -2.47. The van der Waals surface area contributed by atoms with Gasteiger partial charge in [-0.1, -0.05) is 30.7 Å². The molecule has 1 aromatic rings. The van der Waals surface area contributed by atoms with E-state index in [0.29, 0.717) is 25.1 Å². The maximum absolute atomic E-state index is 14.1. The molecule has 0 atom stereocenters. The molecule has 0 bridgehead atoms. The van der Waals surface area contributed by atoms with Crippen molar-refractivity contribution >= 4 is 6.21 Å². The number of rotatable bonds is 7. The summed E-state index contributed by atoms with van der Waals surface area (Å²) in [6.07, 6.45) is 6.60. The monoisotopic (exact) mass is 388 g/mol. The normalized spacial score (nSPS) is 17.2. The van der Waals surface area contributed by atoms with E-state index in [2.05, 4.69) is 16.4 Å². The smallest absolute Gasteiger partial charge is 0.285 e. The lowest BCUT2D eigenvalue weighted by atomic mass is 9.95. The van der Waals surface area contributed by atoms with Crippen LogP contribution in [0.4, 0.5) is 8.78 Å². The van der Waals surface area contributed by atoms with E-state index >= 15 is 0 Å². The summed E-state index contributed by atoms with van der Waals surface area (Å²) in [6, 6.07) is 5.15. The first kappa shape index (κ1) is 21.8. The summed E-state index contributed by atoms with van der Waals surface area (Å²) in [4.78, 5) is 4.41. The van der Waals surface area contributed by atoms with Gasteiger partial charge in [-0.05, 0) is 54.8 Å². The van der Waals surface area contributed by atoms with Crippen molar-refractivity contribution in [2.75, 3.05) is 6.54 Å². The van der Waals surface area contributed by atoms with Crippen LogP contribution in [0.2, 0.25) is 0 Å². The van der Waals surface area contributed by atoms with E-state index in [1.807, 2.05) is 26.8 Å². The standard InChI is InChI=1S/C22H30F2N4/c1-4-21(26)19(7-15(2)3)8-17(10-25)12-27-11-16-5-6-18-13-28-14-22(23,24)20(18)9-16/h5-7,9-10,12,28H,4,8,11,13-14,25-26H2,1-3H3/b17-10?,21-19-,27-12?. The predicted molar refractivity (Wildman–Crippen MR) is 112 cm³/mol. The lowest BCUT2D eigenvalue weighted by molar-refractivity contribution is -0.0108. The number of nitrogens with two attached hydrogens (primary N) is 2. The molecule has 1 aliphatic heterocycles. The number of nitrogens with zero attached hydrogens (tertiary/aromatic N) is 1. The minimum absolute atomic E-state index is 0.0954. The van der Waals surface area contributed by atoms with Crippen LogP contribution in [-0.2, 0) is 19.0 Å². The van der Waals surface area contributed by atoms with Crippen molar-refractivity contribution in [2.45, 2.75) is 52.6 Å². The van der Waals surface area contributed by atoms with Gasteiger partial charge in [0, 0.05) is 30.4 Å². The Kier molecular flexibility index (Phi) is 7.52. The first-order valence-electron chi connectivity index (χ1n) is 9.50. The number of halogens is 2. The second kappa shape index (κ2) is 9.64. The molecule has 1 aromatic carbocycles. The van der Waals surface area contributed by atoms with Crippen molar-refractivity contribution in [2.24, 2.45) is 16.5 Å². The molecule has 0 saturated carbocycles. The Balaban J connectivity index is 2.12. The molecular formula is C22H30F2N4. The van der Waals surface area contributed by atoms with E-state index in [9.17, 15) is 8.78 Å². The number of benzene rings is 1. The second-order valence-electron chi connectivity index (χ2n) is 7.31. The van der Waals surface area contributed by atoms with Crippen LogP contribution < -0.4 is 16.8 Å². The van der Waals surface area contributed by atoms with Crippen LogP contribution in [0.3, 0.4) is 0 Å². The SMILES string of the molecule is CC/C(N)=C(\C=C(C)C)CC(C=NCc1ccc2c(c1)C(F)(F)CNC2)=CN. The van der Waals surface area contributed by atoms with E-state index in [-0.39, 0.29) is 12.1 Å². The molecule has 0 spiro atoms. The number of hydrogen-bond donors (Lipinski definition) is 3. The third kappa shape index (κ3) is 5.76. The largest absolute Gasteiger partial charge is 0.404 e. The molecular weight excluding hydrogens is 358 g/mol. The minimum Gasteiger partial charge on any atom is -0.404 e. The molecule has 0 amide bonds. The van der Waals surface area contributed by atoms with Crippen LogP contribution in [0.5, 0.6) is 0 Å². The zero-order valence-corrected chi connectivity index (χ0v) is 16.9. The van der Waals surface area contributed by atoms with Crippen LogP contribution in [0, 0.1) is 0 Å². The molecule has 1 aliphatic rings. The van der Waals surface area contributed by atoms with E-state index in [1.54, 1.807) is 18.3 Å². The fraction of sp³-hybridized carbons (Fsp3) is 0.409. The highest BCUT2D eigenvalue weighted by Crippen LogP contribution is 2.33. The van der Waals surface area contributed by atoms with Crippen molar-refractivity contribution in [3.8, 4) is 0 Å². The van der Waals surface area contributed by atoms with Crippen LogP contribution in [0.25, 0.3) is 0 Å².